The molecule has 2 aromatic rings. The lowest BCUT2D eigenvalue weighted by Gasteiger charge is -2.25. The molecule has 0 radical (unpaired) electrons. The van der Waals surface area contributed by atoms with Crippen LogP contribution in [0, 0.1) is 10.1 Å². The van der Waals surface area contributed by atoms with E-state index in [1.807, 2.05) is 13.1 Å². The van der Waals surface area contributed by atoms with E-state index in [1.165, 1.54) is 37.5 Å². The van der Waals surface area contributed by atoms with Crippen molar-refractivity contribution in [2.45, 2.75) is 13.0 Å². The van der Waals surface area contributed by atoms with Crippen molar-refractivity contribution in [1.29, 1.82) is 0 Å². The number of aromatic hydroxyl groups is 1. The van der Waals surface area contributed by atoms with Crippen molar-refractivity contribution in [3.8, 4) is 11.5 Å². The second-order valence-corrected chi connectivity index (χ2v) is 7.29. The molecule has 8 heteroatoms. The summed E-state index contributed by atoms with van der Waals surface area (Å²) in [7, 11) is 3.37. The van der Waals surface area contributed by atoms with E-state index in [0.717, 1.165) is 12.1 Å². The molecule has 31 heavy (non-hydrogen) atoms. The highest BCUT2D eigenvalue weighted by atomic mass is 16.6. The summed E-state index contributed by atoms with van der Waals surface area (Å²) in [5.74, 6) is -0.611. The van der Waals surface area contributed by atoms with Gasteiger partial charge >= 0.3 is 0 Å². The number of aliphatic hydroxyl groups excluding tert-OH is 1. The maximum Gasteiger partial charge on any atom is 0.270 e. The molecule has 0 aliphatic carbocycles. The van der Waals surface area contributed by atoms with Gasteiger partial charge in [-0.1, -0.05) is 24.3 Å². The summed E-state index contributed by atoms with van der Waals surface area (Å²) in [6.45, 7) is 1.17. The predicted octanol–water partition coefficient (Wildman–Crippen LogP) is 3.42. The van der Waals surface area contributed by atoms with E-state index in [1.54, 1.807) is 12.1 Å². The zero-order valence-corrected chi connectivity index (χ0v) is 17.4. The molecule has 3 rings (SSSR count). The maximum atomic E-state index is 13.0. The summed E-state index contributed by atoms with van der Waals surface area (Å²) >= 11 is 0. The number of carbonyl (C=O) groups excluding carboxylic acids is 1. The van der Waals surface area contributed by atoms with Gasteiger partial charge in [-0.05, 0) is 42.3 Å². The van der Waals surface area contributed by atoms with Crippen LogP contribution in [0.1, 0.15) is 33.5 Å². The van der Waals surface area contributed by atoms with Crippen LogP contribution in [0.5, 0.6) is 11.5 Å². The van der Waals surface area contributed by atoms with Gasteiger partial charge in [-0.2, -0.15) is 0 Å². The van der Waals surface area contributed by atoms with Crippen LogP contribution < -0.4 is 4.74 Å². The molecule has 0 bridgehead atoms. The number of non-ortho nitro benzene ring substituents is 1. The number of phenolic OH excluding ortho intramolecular Hbond substituents is 1. The van der Waals surface area contributed by atoms with E-state index in [4.69, 9.17) is 4.74 Å². The number of hydrogen-bond acceptors (Lipinski definition) is 7. The molecule has 0 saturated carbocycles. The summed E-state index contributed by atoms with van der Waals surface area (Å²) in [6, 6.07) is 7.44. The predicted molar refractivity (Wildman–Crippen MR) is 117 cm³/mol. The van der Waals surface area contributed by atoms with Gasteiger partial charge in [0.05, 0.1) is 18.6 Å². The van der Waals surface area contributed by atoms with Crippen LogP contribution in [0.2, 0.25) is 0 Å². The number of nitro benzene ring substituents is 1. The normalized spacial score (nSPS) is 14.5. The number of aliphatic hydroxyl groups is 1. The standard InChI is InChI=1S/C23H24N2O6/c1-24-10-8-16(9-11-24)21-17(14-26)13-20(31-2)22(23(21)28)19(27)7-6-15-4-3-5-18(12-15)25(29)30/h3-8,12-13,26,28H,9-11,14H2,1-2H3/b7-6+. The zero-order chi connectivity index (χ0) is 22.5. The Kier molecular flexibility index (Phi) is 6.84. The number of likely N-dealkylation sites (N-methyl/N-ethyl adjacent to an activating group) is 1. The Morgan fingerprint density at radius 2 is 2.13 bits per heavy atom. The summed E-state index contributed by atoms with van der Waals surface area (Å²) in [4.78, 5) is 25.5. The molecule has 1 aliphatic rings. The number of ketones is 1. The number of methoxy groups -OCH3 is 1. The van der Waals surface area contributed by atoms with Gasteiger partial charge in [0.15, 0.2) is 5.78 Å². The van der Waals surface area contributed by atoms with Crippen LogP contribution in [-0.2, 0) is 6.61 Å². The fourth-order valence-electron chi connectivity index (χ4n) is 3.57. The van der Waals surface area contributed by atoms with Crippen molar-refractivity contribution in [1.82, 2.24) is 4.90 Å². The minimum atomic E-state index is -0.514. The van der Waals surface area contributed by atoms with E-state index in [0.29, 0.717) is 29.7 Å². The first-order valence-electron chi connectivity index (χ1n) is 9.74. The van der Waals surface area contributed by atoms with E-state index >= 15 is 0 Å². The highest BCUT2D eigenvalue weighted by Crippen LogP contribution is 2.40. The fourth-order valence-corrected chi connectivity index (χ4v) is 3.57. The van der Waals surface area contributed by atoms with Crippen molar-refractivity contribution in [2.75, 3.05) is 27.2 Å². The Bertz CT molecular complexity index is 1070. The SMILES string of the molecule is COc1cc(CO)c(C2=CCN(C)CC2)c(O)c1C(=O)/C=C/c1cccc([N+](=O)[O-])c1. The Hall–Kier alpha value is -3.49. The van der Waals surface area contributed by atoms with Crippen LogP contribution in [0.3, 0.4) is 0 Å². The summed E-state index contributed by atoms with van der Waals surface area (Å²) in [5.41, 5.74) is 2.16. The minimum absolute atomic E-state index is 0.0174. The van der Waals surface area contributed by atoms with Gasteiger partial charge in [0, 0.05) is 30.8 Å². The Balaban J connectivity index is 2.03. The first kappa shape index (κ1) is 22.2. The van der Waals surface area contributed by atoms with Gasteiger partial charge in [-0.25, -0.2) is 0 Å². The second kappa shape index (κ2) is 9.55. The van der Waals surface area contributed by atoms with Crippen molar-refractivity contribution in [3.05, 3.63) is 74.9 Å². The van der Waals surface area contributed by atoms with Gasteiger partial charge in [-0.15, -0.1) is 0 Å². The van der Waals surface area contributed by atoms with Gasteiger partial charge in [-0.3, -0.25) is 14.9 Å². The largest absolute Gasteiger partial charge is 0.506 e. The van der Waals surface area contributed by atoms with Gasteiger partial charge < -0.3 is 19.8 Å². The number of hydrogen-bond donors (Lipinski definition) is 2. The lowest BCUT2D eigenvalue weighted by molar-refractivity contribution is -0.384. The molecule has 2 aromatic carbocycles. The number of benzene rings is 2. The lowest BCUT2D eigenvalue weighted by Crippen LogP contribution is -2.24. The lowest BCUT2D eigenvalue weighted by atomic mass is 9.90. The van der Waals surface area contributed by atoms with Crippen molar-refractivity contribution in [2.24, 2.45) is 0 Å². The molecular formula is C23H24N2O6. The van der Waals surface area contributed by atoms with Crippen molar-refractivity contribution < 1.29 is 24.7 Å². The highest BCUT2D eigenvalue weighted by molar-refractivity contribution is 6.11. The summed E-state index contributed by atoms with van der Waals surface area (Å²) in [6.07, 6.45) is 5.32. The molecule has 0 amide bonds. The molecule has 8 nitrogen and oxygen atoms in total. The molecule has 2 N–H and O–H groups in total. The fraction of sp³-hybridized carbons (Fsp3) is 0.261. The van der Waals surface area contributed by atoms with Crippen LogP contribution in [0.25, 0.3) is 11.6 Å². The monoisotopic (exact) mass is 424 g/mol. The highest BCUT2D eigenvalue weighted by Gasteiger charge is 2.25. The van der Waals surface area contributed by atoms with Gasteiger partial charge in [0.2, 0.25) is 0 Å². The van der Waals surface area contributed by atoms with Crippen LogP contribution in [0.15, 0.2) is 42.5 Å². The third-order valence-corrected chi connectivity index (χ3v) is 5.22. The number of nitrogens with zero attached hydrogens (tertiary/aromatic N) is 2. The number of ether oxygens (including phenoxy) is 1. The molecule has 1 aliphatic heterocycles. The Labute approximate surface area is 179 Å². The first-order valence-corrected chi connectivity index (χ1v) is 9.74. The number of allylic oxidation sites excluding steroid dienone is 1. The van der Waals surface area contributed by atoms with E-state index < -0.39 is 10.7 Å². The molecule has 0 atom stereocenters. The van der Waals surface area contributed by atoms with Gasteiger partial charge in [0.1, 0.15) is 17.1 Å². The molecule has 0 fully saturated rings. The third-order valence-electron chi connectivity index (χ3n) is 5.22. The molecule has 0 spiro atoms. The minimum Gasteiger partial charge on any atom is -0.506 e. The quantitative estimate of drug-likeness (QED) is 0.303. The molecule has 0 unspecified atom stereocenters. The second-order valence-electron chi connectivity index (χ2n) is 7.29. The Morgan fingerprint density at radius 1 is 1.35 bits per heavy atom. The molecule has 0 saturated heterocycles. The molecular weight excluding hydrogens is 400 g/mol. The molecule has 0 aromatic heterocycles. The van der Waals surface area contributed by atoms with E-state index in [9.17, 15) is 25.1 Å². The van der Waals surface area contributed by atoms with E-state index in [2.05, 4.69) is 4.90 Å². The molecule has 162 valence electrons. The average Bonchev–Trinajstić information content (AvgIpc) is 2.77. The summed E-state index contributed by atoms with van der Waals surface area (Å²) in [5, 5.41) is 31.8. The smallest absolute Gasteiger partial charge is 0.270 e. The number of nitro groups is 1. The van der Waals surface area contributed by atoms with Crippen LogP contribution >= 0.6 is 0 Å². The topological polar surface area (TPSA) is 113 Å². The van der Waals surface area contributed by atoms with Gasteiger partial charge in [0.25, 0.3) is 5.69 Å². The van der Waals surface area contributed by atoms with Crippen molar-refractivity contribution in [3.63, 3.8) is 0 Å². The van der Waals surface area contributed by atoms with Crippen molar-refractivity contribution >= 4 is 23.1 Å². The third kappa shape index (κ3) is 4.82. The zero-order valence-electron chi connectivity index (χ0n) is 17.4. The first-order chi connectivity index (χ1) is 14.8. The number of phenols is 1. The Morgan fingerprint density at radius 3 is 2.74 bits per heavy atom. The maximum absolute atomic E-state index is 13.0. The van der Waals surface area contributed by atoms with Crippen LogP contribution in [0.4, 0.5) is 5.69 Å². The van der Waals surface area contributed by atoms with Crippen LogP contribution in [-0.4, -0.2) is 53.1 Å². The number of rotatable bonds is 7. The number of carbonyl (C=O) groups is 1. The van der Waals surface area contributed by atoms with E-state index in [-0.39, 0.29) is 29.4 Å². The average molecular weight is 424 g/mol. The summed E-state index contributed by atoms with van der Waals surface area (Å²) < 4.78 is 5.31. The molecule has 1 heterocycles.